The quantitative estimate of drug-likeness (QED) is 0.199. The Morgan fingerprint density at radius 2 is 0.792 bits per heavy atom. The maximum Gasteiger partial charge on any atom is 0.101 e. The monoisotopic (exact) mass is 610 g/mol. The van der Waals surface area contributed by atoms with Crippen LogP contribution in [0.4, 0.5) is 0 Å². The second kappa shape index (κ2) is 10.9. The van der Waals surface area contributed by atoms with Gasteiger partial charge in [-0.15, -0.1) is 0 Å². The molecular weight excluding hydrogens is 585 g/mol. The Hall–Kier alpha value is -6.88. The molecule has 0 amide bonds. The van der Waals surface area contributed by atoms with Gasteiger partial charge in [0.2, 0.25) is 0 Å². The van der Waals surface area contributed by atoms with E-state index < -0.39 is 0 Å². The second-order valence-corrected chi connectivity index (χ2v) is 12.0. The fourth-order valence-electron chi connectivity index (χ4n) is 7.31. The van der Waals surface area contributed by atoms with E-state index in [-0.39, 0.29) is 0 Å². The highest BCUT2D eigenvalue weighted by Gasteiger charge is 2.18. The van der Waals surface area contributed by atoms with Crippen LogP contribution in [0.2, 0.25) is 0 Å². The van der Waals surface area contributed by atoms with Gasteiger partial charge >= 0.3 is 0 Å². The predicted octanol–water partition coefficient (Wildman–Crippen LogP) is 11.0. The minimum absolute atomic E-state index is 0.570. The molecule has 4 heteroatoms. The van der Waals surface area contributed by atoms with Gasteiger partial charge in [-0.3, -0.25) is 0 Å². The third-order valence-corrected chi connectivity index (χ3v) is 9.43. The zero-order chi connectivity index (χ0) is 32.2. The molecular formula is C44H26N4. The number of rotatable bonds is 4. The molecule has 4 nitrogen and oxygen atoms in total. The molecule has 0 bridgehead atoms. The fraction of sp³-hybridized carbons (Fsp3) is 0. The molecule has 2 heterocycles. The summed E-state index contributed by atoms with van der Waals surface area (Å²) in [7, 11) is 0. The Morgan fingerprint density at radius 3 is 1.33 bits per heavy atom. The van der Waals surface area contributed by atoms with Crippen molar-refractivity contribution in [2.75, 3.05) is 0 Å². The van der Waals surface area contributed by atoms with Crippen molar-refractivity contribution >= 4 is 43.6 Å². The third-order valence-electron chi connectivity index (χ3n) is 9.43. The highest BCUT2D eigenvalue weighted by atomic mass is 15.0. The minimum Gasteiger partial charge on any atom is -0.309 e. The number of fused-ring (bicyclic) bond motifs is 6. The summed E-state index contributed by atoms with van der Waals surface area (Å²) in [4.78, 5) is 0. The van der Waals surface area contributed by atoms with Crippen LogP contribution in [0, 0.1) is 22.7 Å². The molecule has 0 fully saturated rings. The lowest BCUT2D eigenvalue weighted by molar-refractivity contribution is 1.17. The van der Waals surface area contributed by atoms with Crippen LogP contribution in [0.3, 0.4) is 0 Å². The van der Waals surface area contributed by atoms with Gasteiger partial charge in [0, 0.05) is 27.1 Å². The number of para-hydroxylation sites is 5. The van der Waals surface area contributed by atoms with Crippen LogP contribution in [-0.4, -0.2) is 9.13 Å². The van der Waals surface area contributed by atoms with E-state index in [0.717, 1.165) is 66.5 Å². The zero-order valence-electron chi connectivity index (χ0n) is 25.8. The SMILES string of the molecule is N#Cc1cc(-c2ccccc2-n2c3ccccc3c3ccccc32)ccc1-c1ccc(C#N)c(-n2c3ccccc3c3ccccc32)c1. The standard InChI is InChI=1S/C44H26N4/c45-27-31-22-21-30(26-44(31)48-42-19-9-4-14-37(42)38-15-5-10-20-43(38)48)33-24-23-29(25-32(33)28-46)34-11-1-6-16-39(34)47-40-17-7-2-12-35(40)36-13-3-8-18-41(36)47/h1-26H. The van der Waals surface area contributed by atoms with Crippen LogP contribution in [-0.2, 0) is 0 Å². The lowest BCUT2D eigenvalue weighted by Gasteiger charge is -2.16. The number of hydrogen-bond donors (Lipinski definition) is 0. The smallest absolute Gasteiger partial charge is 0.101 e. The molecule has 7 aromatic carbocycles. The summed E-state index contributed by atoms with van der Waals surface area (Å²) < 4.78 is 4.48. The molecule has 0 spiro atoms. The Balaban J connectivity index is 1.22. The van der Waals surface area contributed by atoms with E-state index in [4.69, 9.17) is 0 Å². The molecule has 0 unspecified atom stereocenters. The minimum atomic E-state index is 0.570. The van der Waals surface area contributed by atoms with E-state index >= 15 is 0 Å². The highest BCUT2D eigenvalue weighted by Crippen LogP contribution is 2.39. The fourth-order valence-corrected chi connectivity index (χ4v) is 7.31. The average Bonchev–Trinajstić information content (AvgIpc) is 3.67. The van der Waals surface area contributed by atoms with Crippen LogP contribution in [0.25, 0.3) is 77.2 Å². The van der Waals surface area contributed by atoms with E-state index in [9.17, 15) is 10.5 Å². The summed E-state index contributed by atoms with van der Waals surface area (Å²) in [5, 5.41) is 25.4. The molecule has 0 radical (unpaired) electrons. The molecule has 2 aromatic heterocycles. The van der Waals surface area contributed by atoms with Gasteiger partial charge in [-0.1, -0.05) is 109 Å². The Labute approximate surface area is 277 Å². The highest BCUT2D eigenvalue weighted by molar-refractivity contribution is 6.10. The summed E-state index contributed by atoms with van der Waals surface area (Å²) in [5.74, 6) is 0. The maximum absolute atomic E-state index is 10.5. The number of aromatic nitrogens is 2. The Bertz CT molecular complexity index is 2710. The first-order chi connectivity index (χ1) is 23.7. The summed E-state index contributed by atoms with van der Waals surface area (Å²) in [5.41, 5.74) is 11.0. The molecule has 0 aliphatic rings. The van der Waals surface area contributed by atoms with Crippen LogP contribution in [0.5, 0.6) is 0 Å². The Kier molecular flexibility index (Phi) is 6.22. The third kappa shape index (κ3) is 4.07. The van der Waals surface area contributed by atoms with Crippen LogP contribution >= 0.6 is 0 Å². The molecule has 9 aromatic rings. The van der Waals surface area contributed by atoms with Crippen LogP contribution in [0.1, 0.15) is 11.1 Å². The van der Waals surface area contributed by atoms with Gasteiger partial charge in [-0.05, 0) is 65.2 Å². The van der Waals surface area contributed by atoms with Gasteiger partial charge in [-0.2, -0.15) is 10.5 Å². The van der Waals surface area contributed by atoms with Crippen molar-refractivity contribution in [3.8, 4) is 45.8 Å². The average molecular weight is 611 g/mol. The van der Waals surface area contributed by atoms with E-state index in [1.54, 1.807) is 0 Å². The molecule has 0 saturated carbocycles. The first-order valence-corrected chi connectivity index (χ1v) is 15.9. The van der Waals surface area contributed by atoms with E-state index in [1.165, 1.54) is 10.8 Å². The van der Waals surface area contributed by atoms with Crippen molar-refractivity contribution < 1.29 is 0 Å². The van der Waals surface area contributed by atoms with Crippen molar-refractivity contribution in [3.63, 3.8) is 0 Å². The van der Waals surface area contributed by atoms with Gasteiger partial charge in [0.25, 0.3) is 0 Å². The summed E-state index contributed by atoms with van der Waals surface area (Å²) in [6.07, 6.45) is 0. The van der Waals surface area contributed by atoms with Crippen molar-refractivity contribution in [2.45, 2.75) is 0 Å². The zero-order valence-corrected chi connectivity index (χ0v) is 25.8. The van der Waals surface area contributed by atoms with E-state index in [1.807, 2.05) is 60.7 Å². The first-order valence-electron chi connectivity index (χ1n) is 15.9. The molecule has 0 atom stereocenters. The van der Waals surface area contributed by atoms with Gasteiger partial charge in [-0.25, -0.2) is 0 Å². The van der Waals surface area contributed by atoms with Gasteiger partial charge in [0.05, 0.1) is 50.6 Å². The second-order valence-electron chi connectivity index (χ2n) is 12.0. The normalized spacial score (nSPS) is 11.3. The van der Waals surface area contributed by atoms with Crippen molar-refractivity contribution in [3.05, 3.63) is 169 Å². The number of hydrogen-bond acceptors (Lipinski definition) is 2. The molecule has 0 N–H and O–H groups in total. The van der Waals surface area contributed by atoms with E-state index in [0.29, 0.717) is 11.1 Å². The van der Waals surface area contributed by atoms with Gasteiger partial charge in [0.15, 0.2) is 0 Å². The molecule has 0 aliphatic carbocycles. The number of nitrogens with zero attached hydrogens (tertiary/aromatic N) is 4. The number of benzene rings is 7. The lowest BCUT2D eigenvalue weighted by Crippen LogP contribution is -1.99. The molecule has 222 valence electrons. The Morgan fingerprint density at radius 1 is 0.354 bits per heavy atom. The van der Waals surface area contributed by atoms with Crippen molar-refractivity contribution in [2.24, 2.45) is 0 Å². The van der Waals surface area contributed by atoms with E-state index in [2.05, 4.69) is 118 Å². The summed E-state index contributed by atoms with van der Waals surface area (Å²) in [6.45, 7) is 0. The molecule has 9 rings (SSSR count). The lowest BCUT2D eigenvalue weighted by atomic mass is 9.93. The number of nitriles is 2. The summed E-state index contributed by atoms with van der Waals surface area (Å²) >= 11 is 0. The van der Waals surface area contributed by atoms with Gasteiger partial charge < -0.3 is 9.13 Å². The predicted molar refractivity (Wildman–Crippen MR) is 195 cm³/mol. The van der Waals surface area contributed by atoms with Crippen LogP contribution in [0.15, 0.2) is 158 Å². The van der Waals surface area contributed by atoms with Crippen molar-refractivity contribution in [1.29, 1.82) is 10.5 Å². The summed E-state index contributed by atoms with van der Waals surface area (Å²) in [6, 6.07) is 58.8. The van der Waals surface area contributed by atoms with Gasteiger partial charge in [0.1, 0.15) is 6.07 Å². The van der Waals surface area contributed by atoms with Crippen molar-refractivity contribution in [1.82, 2.24) is 9.13 Å². The topological polar surface area (TPSA) is 57.4 Å². The van der Waals surface area contributed by atoms with Crippen LogP contribution < -0.4 is 0 Å². The molecule has 0 saturated heterocycles. The molecule has 48 heavy (non-hydrogen) atoms. The molecule has 0 aliphatic heterocycles. The largest absolute Gasteiger partial charge is 0.309 e. The maximum atomic E-state index is 10.5. The first kappa shape index (κ1) is 27.4.